The Balaban J connectivity index is -0.00000000750. The zero-order valence-electron chi connectivity index (χ0n) is 3.51. The first kappa shape index (κ1) is 33.8. The molecule has 0 bridgehead atoms. The van der Waals surface area contributed by atoms with Gasteiger partial charge in [0.2, 0.25) is 0 Å². The Morgan fingerprint density at radius 2 is 1.00 bits per heavy atom. The molecule has 8 heteroatoms. The molecule has 0 radical (unpaired) electrons. The Morgan fingerprint density at radius 1 is 1.00 bits per heavy atom. The molecule has 0 atom stereocenters. The normalized spacial score (nSPS) is 3.38. The molecular weight excluding hydrogens is 213 g/mol. The van der Waals surface area contributed by atoms with E-state index in [0.29, 0.717) is 0 Å². The minimum Gasteiger partial charge on any atom is -1.00 e. The first-order chi connectivity index (χ1) is 1.73. The number of hydrogen-bond acceptors (Lipinski definition) is 3. The third-order valence-electron chi connectivity index (χ3n) is 0. The van der Waals surface area contributed by atoms with Gasteiger partial charge in [-0.3, -0.25) is 0 Å². The second-order valence-corrected chi connectivity index (χ2v) is 0.326. The molecule has 0 aliphatic heterocycles. The first-order valence-electron chi connectivity index (χ1n) is 0.752. The summed E-state index contributed by atoms with van der Waals surface area (Å²) in [6, 6.07) is 0. The van der Waals surface area contributed by atoms with Gasteiger partial charge >= 0.3 is 29.0 Å². The molecule has 0 aromatic rings. The van der Waals surface area contributed by atoms with Gasteiger partial charge in [-0.2, -0.15) is 0 Å². The maximum atomic E-state index is 8.64. The van der Waals surface area contributed by atoms with Crippen LogP contribution in [0.1, 0.15) is 0 Å². The number of hydrogen-bond donors (Lipinski definition) is 2. The fourth-order valence-electron chi connectivity index (χ4n) is 0. The summed E-state index contributed by atoms with van der Waals surface area (Å²) in [4.78, 5) is 0. The zero-order chi connectivity index (χ0) is 3.58. The minimum absolute atomic E-state index is 0. The predicted molar refractivity (Wildman–Crippen MR) is 10.2 cm³/mol. The molecule has 0 spiro atoms. The van der Waals surface area contributed by atoms with Crippen molar-refractivity contribution in [1.82, 2.24) is 0 Å². The van der Waals surface area contributed by atoms with Gasteiger partial charge in [0.05, 0.1) is 0 Å². The molecular formula is H2BCl3O3Ti. The molecule has 0 aliphatic carbocycles. The maximum absolute atomic E-state index is 8.64. The molecule has 0 rings (SSSR count). The van der Waals surface area contributed by atoms with Crippen LogP contribution in [-0.4, -0.2) is 17.4 Å². The molecule has 0 amide bonds. The first-order valence-corrected chi connectivity index (χ1v) is 0.752. The van der Waals surface area contributed by atoms with Gasteiger partial charge < -0.3 is 52.3 Å². The Morgan fingerprint density at radius 3 is 1.00 bits per heavy atom. The second-order valence-electron chi connectivity index (χ2n) is 0.326. The summed E-state index contributed by atoms with van der Waals surface area (Å²) in [5.41, 5.74) is 0. The van der Waals surface area contributed by atoms with E-state index in [1.165, 1.54) is 0 Å². The van der Waals surface area contributed by atoms with Crippen LogP contribution < -0.4 is 42.2 Å². The largest absolute Gasteiger partial charge is 4.00 e. The third kappa shape index (κ3) is 137. The molecule has 0 aromatic carbocycles. The molecule has 8 heavy (non-hydrogen) atoms. The fourth-order valence-corrected chi connectivity index (χ4v) is 0. The van der Waals surface area contributed by atoms with Crippen molar-refractivity contribution in [2.75, 3.05) is 0 Å². The van der Waals surface area contributed by atoms with Crippen LogP contribution >= 0.6 is 0 Å². The van der Waals surface area contributed by atoms with Crippen molar-refractivity contribution >= 4 is 7.32 Å². The summed E-state index contributed by atoms with van der Waals surface area (Å²) in [5, 5.41) is 22.8. The van der Waals surface area contributed by atoms with E-state index in [2.05, 4.69) is 0 Å². The van der Waals surface area contributed by atoms with Crippen molar-refractivity contribution < 1.29 is 74.0 Å². The average Bonchev–Trinajstić information content (AvgIpc) is 0.811. The van der Waals surface area contributed by atoms with E-state index in [4.69, 9.17) is 15.1 Å². The van der Waals surface area contributed by atoms with Crippen molar-refractivity contribution in [3.05, 3.63) is 0 Å². The Labute approximate surface area is 81.1 Å². The second kappa shape index (κ2) is 23.6. The fraction of sp³-hybridized carbons (Fsp3) is 0. The maximum Gasteiger partial charge on any atom is 4.00 e. The number of halogens is 3. The summed E-state index contributed by atoms with van der Waals surface area (Å²) < 4.78 is 0. The van der Waals surface area contributed by atoms with Crippen molar-refractivity contribution in [3.63, 3.8) is 0 Å². The van der Waals surface area contributed by atoms with Crippen LogP contribution in [0.4, 0.5) is 0 Å². The number of rotatable bonds is 0. The SMILES string of the molecule is [Cl-].[Cl-].[Cl-].[O-]B(O)O.[Ti+4]. The van der Waals surface area contributed by atoms with Gasteiger partial charge in [0.15, 0.2) is 0 Å². The van der Waals surface area contributed by atoms with Gasteiger partial charge in [0, 0.05) is 0 Å². The minimum atomic E-state index is -2.42. The van der Waals surface area contributed by atoms with E-state index in [-0.39, 0.29) is 58.9 Å². The Kier molecular flexibility index (Phi) is 99.6. The summed E-state index contributed by atoms with van der Waals surface area (Å²) in [7, 11) is -2.42. The molecule has 0 saturated heterocycles. The topological polar surface area (TPSA) is 63.5 Å². The standard InChI is InChI=1S/BH2O3.3ClH.Ti/c2-1(3)4;;;;/h2-3H;3*1H;/q-1;;;;+4/p-3. The molecule has 0 heterocycles. The van der Waals surface area contributed by atoms with Crippen molar-refractivity contribution in [2.45, 2.75) is 0 Å². The molecule has 0 unspecified atom stereocenters. The average molecular weight is 215 g/mol. The van der Waals surface area contributed by atoms with Crippen LogP contribution in [0.15, 0.2) is 0 Å². The van der Waals surface area contributed by atoms with E-state index < -0.39 is 7.32 Å². The molecule has 2 N–H and O–H groups in total. The molecule has 48 valence electrons. The van der Waals surface area contributed by atoms with Crippen LogP contribution in [0.25, 0.3) is 0 Å². The van der Waals surface area contributed by atoms with E-state index >= 15 is 0 Å². The molecule has 0 aliphatic rings. The van der Waals surface area contributed by atoms with Gasteiger partial charge in [0.25, 0.3) is 0 Å². The van der Waals surface area contributed by atoms with Crippen LogP contribution in [0.2, 0.25) is 0 Å². The van der Waals surface area contributed by atoms with Crippen LogP contribution in [0, 0.1) is 0 Å². The van der Waals surface area contributed by atoms with Gasteiger partial charge in [-0.25, -0.2) is 0 Å². The van der Waals surface area contributed by atoms with Crippen molar-refractivity contribution in [2.24, 2.45) is 0 Å². The van der Waals surface area contributed by atoms with Gasteiger partial charge in [0.1, 0.15) is 0 Å². The third-order valence-corrected chi connectivity index (χ3v) is 0. The van der Waals surface area contributed by atoms with E-state index in [0.717, 1.165) is 0 Å². The van der Waals surface area contributed by atoms with Crippen molar-refractivity contribution in [1.29, 1.82) is 0 Å². The van der Waals surface area contributed by atoms with Crippen LogP contribution in [0.3, 0.4) is 0 Å². The summed E-state index contributed by atoms with van der Waals surface area (Å²) >= 11 is 0. The summed E-state index contributed by atoms with van der Waals surface area (Å²) in [6.07, 6.45) is 0. The van der Waals surface area contributed by atoms with Crippen LogP contribution in [-0.2, 0) is 21.7 Å². The molecule has 0 fully saturated rings. The smallest absolute Gasteiger partial charge is 1.00 e. The summed E-state index contributed by atoms with van der Waals surface area (Å²) in [5.74, 6) is 0. The molecule has 0 saturated carbocycles. The monoisotopic (exact) mass is 214 g/mol. The Hall–Kier alpha value is 1.53. The zero-order valence-corrected chi connectivity index (χ0v) is 7.34. The van der Waals surface area contributed by atoms with Crippen molar-refractivity contribution in [3.8, 4) is 0 Å². The predicted octanol–water partition coefficient (Wildman–Crippen LogP) is -11.7. The molecule has 3 nitrogen and oxygen atoms in total. The summed E-state index contributed by atoms with van der Waals surface area (Å²) in [6.45, 7) is 0. The van der Waals surface area contributed by atoms with E-state index in [1.807, 2.05) is 0 Å². The van der Waals surface area contributed by atoms with E-state index in [9.17, 15) is 0 Å². The van der Waals surface area contributed by atoms with Gasteiger partial charge in [-0.15, -0.1) is 0 Å². The van der Waals surface area contributed by atoms with Gasteiger partial charge in [-0.05, 0) is 0 Å². The Bertz CT molecular complexity index is 19.2. The van der Waals surface area contributed by atoms with Gasteiger partial charge in [-0.1, -0.05) is 0 Å². The van der Waals surface area contributed by atoms with E-state index in [1.54, 1.807) is 0 Å². The molecule has 0 aromatic heterocycles. The quantitative estimate of drug-likeness (QED) is 0.394. The van der Waals surface area contributed by atoms with Crippen LogP contribution in [0.5, 0.6) is 0 Å².